The molecule has 0 unspecified atom stereocenters. The zero-order valence-corrected chi connectivity index (χ0v) is 16.8. The number of aromatic amines is 1. The summed E-state index contributed by atoms with van der Waals surface area (Å²) >= 11 is 1.50. The highest BCUT2D eigenvalue weighted by Crippen LogP contribution is 2.34. The van der Waals surface area contributed by atoms with Crippen molar-refractivity contribution in [1.82, 2.24) is 9.97 Å². The Bertz CT molecular complexity index is 1240. The van der Waals surface area contributed by atoms with Crippen LogP contribution < -0.4 is 15.0 Å². The molecule has 0 saturated heterocycles. The molecular formula is C21H17F2N3O3S. The number of methoxy groups -OCH3 is 1. The third kappa shape index (κ3) is 3.78. The number of aromatic nitrogens is 2. The summed E-state index contributed by atoms with van der Waals surface area (Å²) in [6, 6.07) is 6.36. The Morgan fingerprint density at radius 2 is 2.13 bits per heavy atom. The smallest absolute Gasteiger partial charge is 0.387 e. The molecule has 1 N–H and O–H groups in total. The molecule has 0 atom stereocenters. The van der Waals surface area contributed by atoms with Crippen molar-refractivity contribution in [2.24, 2.45) is 0 Å². The van der Waals surface area contributed by atoms with Gasteiger partial charge in [-0.05, 0) is 55.0 Å². The number of nitrogens with zero attached hydrogens (tertiary/aromatic N) is 2. The van der Waals surface area contributed by atoms with Gasteiger partial charge in [0.2, 0.25) is 0 Å². The number of halogens is 2. The van der Waals surface area contributed by atoms with Crippen LogP contribution in [0.15, 0.2) is 23.0 Å². The highest BCUT2D eigenvalue weighted by Gasteiger charge is 2.20. The van der Waals surface area contributed by atoms with Crippen LogP contribution in [0.4, 0.5) is 8.78 Å². The minimum Gasteiger partial charge on any atom is -0.493 e. The number of thiophene rings is 1. The number of benzene rings is 1. The lowest BCUT2D eigenvalue weighted by molar-refractivity contribution is -0.0512. The summed E-state index contributed by atoms with van der Waals surface area (Å²) in [5.41, 5.74) is 1.47. The number of aryl methyl sites for hydroxylation is 2. The van der Waals surface area contributed by atoms with Gasteiger partial charge in [-0.15, -0.1) is 11.3 Å². The molecule has 0 saturated carbocycles. The maximum atomic E-state index is 12.7. The average Bonchev–Trinajstić information content (AvgIpc) is 3.11. The molecular weight excluding hydrogens is 412 g/mol. The predicted octanol–water partition coefficient (Wildman–Crippen LogP) is 4.54. The molecule has 3 aromatic rings. The van der Waals surface area contributed by atoms with Gasteiger partial charge in [0.25, 0.3) is 5.56 Å². The van der Waals surface area contributed by atoms with Crippen LogP contribution in [-0.4, -0.2) is 23.7 Å². The van der Waals surface area contributed by atoms with E-state index in [0.29, 0.717) is 15.8 Å². The maximum absolute atomic E-state index is 12.7. The first-order valence-corrected chi connectivity index (χ1v) is 10.1. The quantitative estimate of drug-likeness (QED) is 0.602. The molecule has 0 aliphatic heterocycles. The van der Waals surface area contributed by atoms with Crippen LogP contribution in [-0.2, 0) is 12.8 Å². The van der Waals surface area contributed by atoms with E-state index in [1.807, 2.05) is 6.07 Å². The van der Waals surface area contributed by atoms with Gasteiger partial charge in [-0.3, -0.25) is 4.79 Å². The largest absolute Gasteiger partial charge is 0.493 e. The van der Waals surface area contributed by atoms with Gasteiger partial charge in [-0.1, -0.05) is 6.07 Å². The Balaban J connectivity index is 1.75. The van der Waals surface area contributed by atoms with Crippen LogP contribution in [0.5, 0.6) is 11.5 Å². The topological polar surface area (TPSA) is 88.0 Å². The number of ether oxygens (including phenoxy) is 2. The lowest BCUT2D eigenvalue weighted by Crippen LogP contribution is -2.12. The summed E-state index contributed by atoms with van der Waals surface area (Å²) in [7, 11) is 1.33. The third-order valence-corrected chi connectivity index (χ3v) is 6.10. The van der Waals surface area contributed by atoms with Gasteiger partial charge in [0.15, 0.2) is 17.3 Å². The number of H-pyrrole nitrogens is 1. The van der Waals surface area contributed by atoms with E-state index in [4.69, 9.17) is 4.74 Å². The molecule has 1 aromatic carbocycles. The van der Waals surface area contributed by atoms with Crippen LogP contribution in [0, 0.1) is 11.3 Å². The Morgan fingerprint density at radius 3 is 2.87 bits per heavy atom. The fraction of sp³-hybridized carbons (Fsp3) is 0.286. The number of allylic oxidation sites excluding steroid dienone is 1. The van der Waals surface area contributed by atoms with Crippen molar-refractivity contribution in [1.29, 1.82) is 5.26 Å². The van der Waals surface area contributed by atoms with E-state index in [1.54, 1.807) is 0 Å². The van der Waals surface area contributed by atoms with Gasteiger partial charge in [-0.2, -0.15) is 14.0 Å². The van der Waals surface area contributed by atoms with Crippen LogP contribution in [0.2, 0.25) is 0 Å². The van der Waals surface area contributed by atoms with Gasteiger partial charge < -0.3 is 14.5 Å². The fourth-order valence-corrected chi connectivity index (χ4v) is 4.84. The number of hydrogen-bond acceptors (Lipinski definition) is 6. The van der Waals surface area contributed by atoms with Crippen LogP contribution in [0.3, 0.4) is 0 Å². The average molecular weight is 429 g/mol. The summed E-state index contributed by atoms with van der Waals surface area (Å²) in [4.78, 5) is 21.8. The first-order chi connectivity index (χ1) is 14.5. The van der Waals surface area contributed by atoms with Crippen molar-refractivity contribution in [3.8, 4) is 17.6 Å². The van der Waals surface area contributed by atoms with E-state index >= 15 is 0 Å². The minimum absolute atomic E-state index is 0.101. The second-order valence-corrected chi connectivity index (χ2v) is 7.85. The van der Waals surface area contributed by atoms with Crippen molar-refractivity contribution in [2.75, 3.05) is 7.11 Å². The molecule has 9 heteroatoms. The molecule has 1 aliphatic carbocycles. The van der Waals surface area contributed by atoms with Crippen LogP contribution >= 0.6 is 11.3 Å². The maximum Gasteiger partial charge on any atom is 0.387 e. The molecule has 154 valence electrons. The van der Waals surface area contributed by atoms with Crippen molar-refractivity contribution in [2.45, 2.75) is 32.3 Å². The summed E-state index contributed by atoms with van der Waals surface area (Å²) in [5.74, 6) is 0.157. The molecule has 0 fully saturated rings. The number of nitrogens with one attached hydrogen (secondary N) is 1. The highest BCUT2D eigenvalue weighted by atomic mass is 32.1. The zero-order chi connectivity index (χ0) is 21.3. The molecule has 2 aromatic heterocycles. The third-order valence-electron chi connectivity index (χ3n) is 4.92. The Hall–Kier alpha value is -3.25. The number of nitriles is 1. The standard InChI is InChI=1S/C21H17F2N3O3S/c1-28-15-9-11(6-7-14(15)29-21(22)23)8-12(10-24)18-25-19(27)17-13-4-2-3-5-16(13)30-20(17)26-18/h6-9,21H,2-5H2,1H3,(H,25,26,27)/b12-8+. The molecule has 0 radical (unpaired) electrons. The first-order valence-electron chi connectivity index (χ1n) is 9.29. The van der Waals surface area contributed by atoms with E-state index in [0.717, 1.165) is 31.2 Å². The zero-order valence-electron chi connectivity index (χ0n) is 16.0. The molecule has 0 spiro atoms. The van der Waals surface area contributed by atoms with Gasteiger partial charge in [0.1, 0.15) is 10.9 Å². The molecule has 30 heavy (non-hydrogen) atoms. The fourth-order valence-electron chi connectivity index (χ4n) is 3.58. The van der Waals surface area contributed by atoms with E-state index in [-0.39, 0.29) is 28.5 Å². The number of alkyl halides is 2. The van der Waals surface area contributed by atoms with Gasteiger partial charge >= 0.3 is 6.61 Å². The van der Waals surface area contributed by atoms with E-state index in [9.17, 15) is 18.8 Å². The summed E-state index contributed by atoms with van der Waals surface area (Å²) in [6.07, 6.45) is 5.47. The van der Waals surface area contributed by atoms with Crippen LogP contribution in [0.25, 0.3) is 21.9 Å². The summed E-state index contributed by atoms with van der Waals surface area (Å²) in [5, 5.41) is 10.3. The van der Waals surface area contributed by atoms with Crippen molar-refractivity contribution in [3.63, 3.8) is 0 Å². The van der Waals surface area contributed by atoms with Gasteiger partial charge in [0, 0.05) is 4.88 Å². The number of hydrogen-bond donors (Lipinski definition) is 1. The van der Waals surface area contributed by atoms with Crippen molar-refractivity contribution in [3.05, 3.63) is 50.4 Å². The van der Waals surface area contributed by atoms with E-state index in [2.05, 4.69) is 14.7 Å². The monoisotopic (exact) mass is 429 g/mol. The minimum atomic E-state index is -2.98. The van der Waals surface area contributed by atoms with E-state index in [1.165, 1.54) is 47.6 Å². The number of rotatable bonds is 5. The van der Waals surface area contributed by atoms with Crippen molar-refractivity contribution < 1.29 is 18.3 Å². The van der Waals surface area contributed by atoms with Crippen LogP contribution in [0.1, 0.15) is 34.7 Å². The second-order valence-electron chi connectivity index (χ2n) is 6.76. The molecule has 1 aliphatic rings. The van der Waals surface area contributed by atoms with E-state index < -0.39 is 6.61 Å². The molecule has 0 bridgehead atoms. The van der Waals surface area contributed by atoms with Gasteiger partial charge in [0.05, 0.1) is 18.1 Å². The second kappa shape index (κ2) is 8.24. The molecule has 0 amide bonds. The summed E-state index contributed by atoms with van der Waals surface area (Å²) < 4.78 is 34.5. The lowest BCUT2D eigenvalue weighted by atomic mass is 9.97. The van der Waals surface area contributed by atoms with Crippen molar-refractivity contribution >= 4 is 33.2 Å². The first kappa shape index (κ1) is 20.0. The predicted molar refractivity (Wildman–Crippen MR) is 110 cm³/mol. The normalized spacial score (nSPS) is 13.9. The van der Waals surface area contributed by atoms with Gasteiger partial charge in [-0.25, -0.2) is 4.98 Å². The highest BCUT2D eigenvalue weighted by molar-refractivity contribution is 7.18. The SMILES string of the molecule is COc1cc(/C=C(\C#N)c2nc3sc4c(c3c(=O)[nH]2)CCCC4)ccc1OC(F)F. The summed E-state index contributed by atoms with van der Waals surface area (Å²) in [6.45, 7) is -2.98. The number of fused-ring (bicyclic) bond motifs is 3. The molecule has 4 rings (SSSR count). The Morgan fingerprint density at radius 1 is 1.33 bits per heavy atom. The molecule has 2 heterocycles. The molecule has 6 nitrogen and oxygen atoms in total. The lowest BCUT2D eigenvalue weighted by Gasteiger charge is -2.10. The Kier molecular flexibility index (Phi) is 5.50. The Labute approximate surface area is 174 Å².